The smallest absolute Gasteiger partial charge is 0.309 e. The molecule has 0 aromatic carbocycles. The predicted molar refractivity (Wildman–Crippen MR) is 39.3 cm³/mol. The van der Waals surface area contributed by atoms with Gasteiger partial charge < -0.3 is 4.74 Å². The van der Waals surface area contributed by atoms with E-state index in [0.29, 0.717) is 5.88 Å². The van der Waals surface area contributed by atoms with E-state index in [1.165, 1.54) is 11.6 Å². The Kier molecular flexibility index (Phi) is 1.94. The first kappa shape index (κ1) is 7.78. The summed E-state index contributed by atoms with van der Waals surface area (Å²) >= 11 is 0. The summed E-state index contributed by atoms with van der Waals surface area (Å²) < 4.78 is 6.35. The number of nitrogens with zero attached hydrogens (tertiary/aromatic N) is 2. The van der Waals surface area contributed by atoms with Crippen LogP contribution in [-0.4, -0.2) is 15.7 Å². The van der Waals surface area contributed by atoms with Gasteiger partial charge in [-0.15, -0.1) is 0 Å². The average molecular weight is 154 g/mol. The molecule has 0 aliphatic heterocycles. The summed E-state index contributed by atoms with van der Waals surface area (Å²) in [7, 11) is 1.73. The number of aromatic nitrogens is 2. The highest BCUT2D eigenvalue weighted by molar-refractivity contribution is 5.68. The van der Waals surface area contributed by atoms with Crippen molar-refractivity contribution in [1.29, 1.82) is 0 Å². The molecule has 11 heavy (non-hydrogen) atoms. The molecule has 0 fully saturated rings. The maximum atomic E-state index is 10.5. The first-order chi connectivity index (χ1) is 5.09. The van der Waals surface area contributed by atoms with Gasteiger partial charge in [0.15, 0.2) is 0 Å². The third kappa shape index (κ3) is 1.80. The van der Waals surface area contributed by atoms with Crippen LogP contribution < -0.4 is 4.74 Å². The van der Waals surface area contributed by atoms with Crippen LogP contribution in [0.15, 0.2) is 6.07 Å². The fraction of sp³-hybridized carbons (Fsp3) is 0.429. The Morgan fingerprint density at radius 3 is 2.73 bits per heavy atom. The Balaban J connectivity index is 2.85. The largest absolute Gasteiger partial charge is 0.408 e. The van der Waals surface area contributed by atoms with Crippen molar-refractivity contribution in [2.75, 3.05) is 0 Å². The van der Waals surface area contributed by atoms with Gasteiger partial charge in [0.25, 0.3) is 0 Å². The van der Waals surface area contributed by atoms with Crippen molar-refractivity contribution in [2.24, 2.45) is 7.05 Å². The summed E-state index contributed by atoms with van der Waals surface area (Å²) in [6.07, 6.45) is 0. The normalized spacial score (nSPS) is 9.73. The number of hydrogen-bond donors (Lipinski definition) is 0. The minimum absolute atomic E-state index is 0.326. The second-order valence-electron chi connectivity index (χ2n) is 2.34. The third-order valence-electron chi connectivity index (χ3n) is 1.21. The molecule has 0 aliphatic carbocycles. The molecule has 1 rings (SSSR count). The fourth-order valence-electron chi connectivity index (χ4n) is 0.830. The van der Waals surface area contributed by atoms with Gasteiger partial charge in [-0.3, -0.25) is 4.79 Å². The lowest BCUT2D eigenvalue weighted by atomic mass is 10.5. The Morgan fingerprint density at radius 2 is 2.36 bits per heavy atom. The molecule has 4 heteroatoms. The molecule has 1 aromatic heterocycles. The van der Waals surface area contributed by atoms with E-state index < -0.39 is 0 Å². The van der Waals surface area contributed by atoms with Crippen molar-refractivity contribution in [3.8, 4) is 5.88 Å². The molecular weight excluding hydrogens is 144 g/mol. The minimum Gasteiger partial charge on any atom is -0.408 e. The van der Waals surface area contributed by atoms with Gasteiger partial charge in [-0.25, -0.2) is 4.68 Å². The van der Waals surface area contributed by atoms with Crippen LogP contribution in [0.3, 0.4) is 0 Å². The van der Waals surface area contributed by atoms with Gasteiger partial charge in [0.2, 0.25) is 5.88 Å². The second kappa shape index (κ2) is 2.74. The van der Waals surface area contributed by atoms with Crippen molar-refractivity contribution in [3.63, 3.8) is 0 Å². The van der Waals surface area contributed by atoms with Gasteiger partial charge in [-0.1, -0.05) is 0 Å². The fourth-order valence-corrected chi connectivity index (χ4v) is 0.830. The van der Waals surface area contributed by atoms with Crippen LogP contribution in [0, 0.1) is 6.92 Å². The van der Waals surface area contributed by atoms with Crippen LogP contribution in [0.25, 0.3) is 0 Å². The summed E-state index contributed by atoms with van der Waals surface area (Å²) in [6.45, 7) is 3.20. The number of esters is 1. The summed E-state index contributed by atoms with van der Waals surface area (Å²) in [5.41, 5.74) is 0.837. The molecular formula is C7H10N2O2. The first-order valence-electron chi connectivity index (χ1n) is 3.28. The number of carbonyl (C=O) groups is 1. The number of aryl methyl sites for hydroxylation is 2. The van der Waals surface area contributed by atoms with E-state index in [2.05, 4.69) is 5.10 Å². The molecule has 0 amide bonds. The van der Waals surface area contributed by atoms with Crippen LogP contribution >= 0.6 is 0 Å². The summed E-state index contributed by atoms with van der Waals surface area (Å²) in [5, 5.41) is 4.00. The lowest BCUT2D eigenvalue weighted by molar-refractivity contribution is -0.132. The molecule has 0 aliphatic rings. The minimum atomic E-state index is -0.326. The van der Waals surface area contributed by atoms with E-state index >= 15 is 0 Å². The lowest BCUT2D eigenvalue weighted by Crippen LogP contribution is -2.05. The van der Waals surface area contributed by atoms with Crippen molar-refractivity contribution >= 4 is 5.97 Å². The molecule has 0 radical (unpaired) electrons. The van der Waals surface area contributed by atoms with E-state index in [9.17, 15) is 4.79 Å². The number of hydrogen-bond acceptors (Lipinski definition) is 3. The van der Waals surface area contributed by atoms with E-state index in [-0.39, 0.29) is 5.97 Å². The first-order valence-corrected chi connectivity index (χ1v) is 3.28. The highest BCUT2D eigenvalue weighted by atomic mass is 16.5. The number of carbonyl (C=O) groups excluding carboxylic acids is 1. The third-order valence-corrected chi connectivity index (χ3v) is 1.21. The lowest BCUT2D eigenvalue weighted by Gasteiger charge is -1.98. The highest BCUT2D eigenvalue weighted by Gasteiger charge is 2.03. The van der Waals surface area contributed by atoms with Crippen molar-refractivity contribution in [2.45, 2.75) is 13.8 Å². The Bertz CT molecular complexity index is 278. The number of rotatable bonds is 1. The SMILES string of the molecule is CC(=O)Oc1cc(C)nn1C. The van der Waals surface area contributed by atoms with E-state index in [0.717, 1.165) is 5.69 Å². The quantitative estimate of drug-likeness (QED) is 0.558. The van der Waals surface area contributed by atoms with Crippen LogP contribution in [0.1, 0.15) is 12.6 Å². The number of ether oxygens (including phenoxy) is 1. The van der Waals surface area contributed by atoms with Gasteiger partial charge in [0.1, 0.15) is 0 Å². The van der Waals surface area contributed by atoms with E-state index in [1.54, 1.807) is 13.1 Å². The van der Waals surface area contributed by atoms with E-state index in [4.69, 9.17) is 4.74 Å². The van der Waals surface area contributed by atoms with Crippen molar-refractivity contribution in [1.82, 2.24) is 9.78 Å². The van der Waals surface area contributed by atoms with Crippen molar-refractivity contribution < 1.29 is 9.53 Å². The predicted octanol–water partition coefficient (Wildman–Crippen LogP) is 0.654. The van der Waals surface area contributed by atoms with Crippen LogP contribution in [0.4, 0.5) is 0 Å². The molecule has 1 heterocycles. The molecule has 4 nitrogen and oxygen atoms in total. The Morgan fingerprint density at radius 1 is 1.73 bits per heavy atom. The average Bonchev–Trinajstić information content (AvgIpc) is 2.09. The van der Waals surface area contributed by atoms with Crippen LogP contribution in [0.2, 0.25) is 0 Å². The highest BCUT2D eigenvalue weighted by Crippen LogP contribution is 2.10. The van der Waals surface area contributed by atoms with E-state index in [1.807, 2.05) is 6.92 Å². The molecule has 0 spiro atoms. The zero-order valence-electron chi connectivity index (χ0n) is 6.79. The van der Waals surface area contributed by atoms with Gasteiger partial charge in [0.05, 0.1) is 5.69 Å². The van der Waals surface area contributed by atoms with Crippen molar-refractivity contribution in [3.05, 3.63) is 11.8 Å². The zero-order chi connectivity index (χ0) is 8.43. The monoisotopic (exact) mass is 154 g/mol. The molecule has 0 bridgehead atoms. The zero-order valence-corrected chi connectivity index (χ0v) is 6.79. The molecule has 0 unspecified atom stereocenters. The molecule has 60 valence electrons. The molecule has 0 saturated carbocycles. The standard InChI is InChI=1S/C7H10N2O2/c1-5-4-7(9(3)8-5)11-6(2)10/h4H,1-3H3. The summed E-state index contributed by atoms with van der Waals surface area (Å²) in [6, 6.07) is 1.71. The molecule has 0 atom stereocenters. The van der Waals surface area contributed by atoms with Gasteiger partial charge >= 0.3 is 5.97 Å². The topological polar surface area (TPSA) is 44.1 Å². The van der Waals surface area contributed by atoms with Gasteiger partial charge in [-0.2, -0.15) is 5.10 Å². The Labute approximate surface area is 64.8 Å². The Hall–Kier alpha value is -1.32. The molecule has 0 N–H and O–H groups in total. The molecule has 0 saturated heterocycles. The summed E-state index contributed by atoms with van der Waals surface area (Å²) in [4.78, 5) is 10.5. The van der Waals surface area contributed by atoms with Crippen LogP contribution in [-0.2, 0) is 11.8 Å². The maximum Gasteiger partial charge on any atom is 0.309 e. The molecule has 1 aromatic rings. The van der Waals surface area contributed by atoms with Crippen LogP contribution in [0.5, 0.6) is 5.88 Å². The van der Waals surface area contributed by atoms with Gasteiger partial charge in [-0.05, 0) is 6.92 Å². The maximum absolute atomic E-state index is 10.5. The second-order valence-corrected chi connectivity index (χ2v) is 2.34. The summed E-state index contributed by atoms with van der Waals surface area (Å²) in [5.74, 6) is 0.156. The van der Waals surface area contributed by atoms with Gasteiger partial charge in [0, 0.05) is 20.0 Å².